The number of nitrogens with one attached hydrogen (secondary N) is 1. The van der Waals surface area contributed by atoms with E-state index in [-0.39, 0.29) is 0 Å². The standard InChI is InChI=1S/C13H24N4S/c1-4-17(5-2)13-15-9-12(18-13)8-14-11-6-7-16(3)10-11/h9,11,14H,4-8,10H2,1-3H3. The van der Waals surface area contributed by atoms with Crippen LogP contribution >= 0.6 is 11.3 Å². The third-order valence-corrected chi connectivity index (χ3v) is 4.59. The SMILES string of the molecule is CCN(CC)c1ncc(CNC2CCN(C)C2)s1. The molecule has 18 heavy (non-hydrogen) atoms. The highest BCUT2D eigenvalue weighted by Crippen LogP contribution is 2.22. The summed E-state index contributed by atoms with van der Waals surface area (Å²) >= 11 is 1.81. The minimum atomic E-state index is 0.647. The molecule has 0 bridgehead atoms. The van der Waals surface area contributed by atoms with Crippen molar-refractivity contribution in [1.82, 2.24) is 15.2 Å². The van der Waals surface area contributed by atoms with Crippen LogP contribution in [0.15, 0.2) is 6.20 Å². The predicted octanol–water partition coefficient (Wildman–Crippen LogP) is 1.78. The van der Waals surface area contributed by atoms with Crippen LogP contribution in [0.25, 0.3) is 0 Å². The molecule has 1 aliphatic rings. The van der Waals surface area contributed by atoms with Crippen LogP contribution in [0, 0.1) is 0 Å². The van der Waals surface area contributed by atoms with Gasteiger partial charge in [0, 0.05) is 43.3 Å². The average molecular weight is 268 g/mol. The number of nitrogens with zero attached hydrogens (tertiary/aromatic N) is 3. The van der Waals surface area contributed by atoms with E-state index in [2.05, 4.69) is 41.0 Å². The molecule has 0 amide bonds. The van der Waals surface area contributed by atoms with E-state index >= 15 is 0 Å². The molecule has 1 saturated heterocycles. The van der Waals surface area contributed by atoms with Crippen LogP contribution in [0.4, 0.5) is 5.13 Å². The van der Waals surface area contributed by atoms with Crippen molar-refractivity contribution in [3.63, 3.8) is 0 Å². The van der Waals surface area contributed by atoms with Gasteiger partial charge in [-0.2, -0.15) is 0 Å². The number of thiazole rings is 1. The van der Waals surface area contributed by atoms with Crippen molar-refractivity contribution < 1.29 is 0 Å². The van der Waals surface area contributed by atoms with Gasteiger partial charge in [0.2, 0.25) is 0 Å². The van der Waals surface area contributed by atoms with E-state index in [1.807, 2.05) is 17.5 Å². The number of aromatic nitrogens is 1. The van der Waals surface area contributed by atoms with Crippen molar-refractivity contribution in [2.75, 3.05) is 38.1 Å². The zero-order valence-electron chi connectivity index (χ0n) is 11.6. The maximum Gasteiger partial charge on any atom is 0.185 e. The Labute approximate surface area is 114 Å². The molecule has 5 heteroatoms. The van der Waals surface area contributed by atoms with Gasteiger partial charge in [0.15, 0.2) is 5.13 Å². The first-order valence-corrected chi connectivity index (χ1v) is 7.66. The van der Waals surface area contributed by atoms with Crippen molar-refractivity contribution >= 4 is 16.5 Å². The molecule has 1 aromatic rings. The molecule has 2 heterocycles. The third-order valence-electron chi connectivity index (χ3n) is 3.53. The molecule has 1 unspecified atom stereocenters. The molecule has 0 spiro atoms. The minimum Gasteiger partial charge on any atom is -0.349 e. The van der Waals surface area contributed by atoms with Crippen LogP contribution in [0.1, 0.15) is 25.1 Å². The van der Waals surface area contributed by atoms with Gasteiger partial charge >= 0.3 is 0 Å². The van der Waals surface area contributed by atoms with E-state index in [1.165, 1.54) is 24.4 Å². The largest absolute Gasteiger partial charge is 0.349 e. The van der Waals surface area contributed by atoms with Crippen LogP contribution < -0.4 is 10.2 Å². The highest BCUT2D eigenvalue weighted by molar-refractivity contribution is 7.15. The van der Waals surface area contributed by atoms with Crippen molar-refractivity contribution in [1.29, 1.82) is 0 Å². The van der Waals surface area contributed by atoms with E-state index in [1.54, 1.807) is 0 Å². The van der Waals surface area contributed by atoms with E-state index in [0.717, 1.165) is 24.8 Å². The number of likely N-dealkylation sites (N-methyl/N-ethyl adjacent to an activating group) is 1. The molecule has 1 atom stereocenters. The van der Waals surface area contributed by atoms with Gasteiger partial charge in [-0.3, -0.25) is 0 Å². The van der Waals surface area contributed by atoms with Crippen LogP contribution in [0.2, 0.25) is 0 Å². The molecule has 0 aliphatic carbocycles. The summed E-state index contributed by atoms with van der Waals surface area (Å²) in [4.78, 5) is 10.5. The summed E-state index contributed by atoms with van der Waals surface area (Å²) in [6, 6.07) is 0.647. The van der Waals surface area contributed by atoms with Gasteiger partial charge in [-0.1, -0.05) is 0 Å². The Kier molecular flexibility index (Phi) is 4.97. The van der Waals surface area contributed by atoms with E-state index < -0.39 is 0 Å². The van der Waals surface area contributed by atoms with E-state index in [9.17, 15) is 0 Å². The molecule has 1 fully saturated rings. The molecule has 0 aromatic carbocycles. The quantitative estimate of drug-likeness (QED) is 0.852. The third kappa shape index (κ3) is 3.43. The van der Waals surface area contributed by atoms with Gasteiger partial charge < -0.3 is 15.1 Å². The maximum atomic E-state index is 4.51. The lowest BCUT2D eigenvalue weighted by Gasteiger charge is -2.16. The molecule has 1 N–H and O–H groups in total. The number of likely N-dealkylation sites (tertiary alicyclic amines) is 1. The van der Waals surface area contributed by atoms with Crippen LogP contribution in [0.5, 0.6) is 0 Å². The Morgan fingerprint density at radius 2 is 2.28 bits per heavy atom. The summed E-state index contributed by atoms with van der Waals surface area (Å²) in [6.45, 7) is 9.76. The number of hydrogen-bond donors (Lipinski definition) is 1. The van der Waals surface area contributed by atoms with Crippen molar-refractivity contribution in [2.45, 2.75) is 32.9 Å². The molecule has 1 aromatic heterocycles. The Bertz CT molecular complexity index is 362. The smallest absolute Gasteiger partial charge is 0.185 e. The first kappa shape index (κ1) is 13.8. The van der Waals surface area contributed by atoms with E-state index in [0.29, 0.717) is 6.04 Å². The summed E-state index contributed by atoms with van der Waals surface area (Å²) in [5.41, 5.74) is 0. The Hall–Kier alpha value is -0.650. The Morgan fingerprint density at radius 1 is 1.50 bits per heavy atom. The minimum absolute atomic E-state index is 0.647. The summed E-state index contributed by atoms with van der Waals surface area (Å²) in [5, 5.41) is 4.78. The van der Waals surface area contributed by atoms with Gasteiger partial charge in [0.05, 0.1) is 0 Å². The summed E-state index contributed by atoms with van der Waals surface area (Å²) < 4.78 is 0. The lowest BCUT2D eigenvalue weighted by Crippen LogP contribution is -2.30. The summed E-state index contributed by atoms with van der Waals surface area (Å²) in [7, 11) is 2.19. The zero-order valence-corrected chi connectivity index (χ0v) is 12.5. The Balaban J connectivity index is 1.83. The molecule has 1 aliphatic heterocycles. The molecule has 0 radical (unpaired) electrons. The summed E-state index contributed by atoms with van der Waals surface area (Å²) in [5.74, 6) is 0. The van der Waals surface area contributed by atoms with Gasteiger partial charge in [0.1, 0.15) is 0 Å². The van der Waals surface area contributed by atoms with E-state index in [4.69, 9.17) is 0 Å². The molecular formula is C13H24N4S. The second-order valence-corrected chi connectivity index (χ2v) is 6.00. The Morgan fingerprint density at radius 3 is 2.89 bits per heavy atom. The fraction of sp³-hybridized carbons (Fsp3) is 0.769. The molecule has 2 rings (SSSR count). The fourth-order valence-corrected chi connectivity index (χ4v) is 3.35. The van der Waals surface area contributed by atoms with Crippen molar-refractivity contribution in [3.05, 3.63) is 11.1 Å². The van der Waals surface area contributed by atoms with Gasteiger partial charge in [-0.05, 0) is 33.9 Å². The second kappa shape index (κ2) is 6.50. The second-order valence-electron chi connectivity index (χ2n) is 4.91. The van der Waals surface area contributed by atoms with Crippen molar-refractivity contribution in [3.8, 4) is 0 Å². The lowest BCUT2D eigenvalue weighted by atomic mass is 10.2. The predicted molar refractivity (Wildman–Crippen MR) is 78.4 cm³/mol. The topological polar surface area (TPSA) is 31.4 Å². The zero-order chi connectivity index (χ0) is 13.0. The summed E-state index contributed by atoms with van der Waals surface area (Å²) in [6.07, 6.45) is 3.28. The fourth-order valence-electron chi connectivity index (χ4n) is 2.37. The molecule has 4 nitrogen and oxygen atoms in total. The number of hydrogen-bond acceptors (Lipinski definition) is 5. The van der Waals surface area contributed by atoms with Crippen LogP contribution in [-0.4, -0.2) is 49.2 Å². The number of anilines is 1. The molecule has 102 valence electrons. The first-order valence-electron chi connectivity index (χ1n) is 6.84. The van der Waals surface area contributed by atoms with Crippen molar-refractivity contribution in [2.24, 2.45) is 0 Å². The van der Waals surface area contributed by atoms with Gasteiger partial charge in [-0.15, -0.1) is 11.3 Å². The van der Waals surface area contributed by atoms with Gasteiger partial charge in [-0.25, -0.2) is 4.98 Å². The number of rotatable bonds is 6. The average Bonchev–Trinajstić information content (AvgIpc) is 2.98. The van der Waals surface area contributed by atoms with Crippen LogP contribution in [-0.2, 0) is 6.54 Å². The monoisotopic (exact) mass is 268 g/mol. The first-order chi connectivity index (χ1) is 8.72. The maximum absolute atomic E-state index is 4.51. The molecule has 0 saturated carbocycles. The highest BCUT2D eigenvalue weighted by atomic mass is 32.1. The van der Waals surface area contributed by atoms with Crippen LogP contribution in [0.3, 0.4) is 0 Å². The lowest BCUT2D eigenvalue weighted by molar-refractivity contribution is 0.398. The highest BCUT2D eigenvalue weighted by Gasteiger charge is 2.18. The van der Waals surface area contributed by atoms with Gasteiger partial charge in [0.25, 0.3) is 0 Å². The molecular weight excluding hydrogens is 244 g/mol. The normalized spacial score (nSPS) is 20.5.